The number of aromatic nitrogens is 3. The van der Waals surface area contributed by atoms with Gasteiger partial charge in [0.2, 0.25) is 5.95 Å². The number of anilines is 1. The molecule has 3 heterocycles. The molecule has 1 amide bonds. The normalized spacial score (nSPS) is 13.4. The SMILES string of the molecule is Nc1nc2c(F)cccc2c2nc(C(=O)N3CCc4cc(-c5ccc(F)c(F)c5)ccc4C3)cn12. The van der Waals surface area contributed by atoms with Crippen molar-refractivity contribution < 1.29 is 18.0 Å². The molecule has 3 aromatic carbocycles. The summed E-state index contributed by atoms with van der Waals surface area (Å²) in [5.41, 5.74) is 10.0. The second-order valence-corrected chi connectivity index (χ2v) is 8.51. The molecule has 0 spiro atoms. The second-order valence-electron chi connectivity index (χ2n) is 8.51. The zero-order valence-corrected chi connectivity index (χ0v) is 18.3. The third kappa shape index (κ3) is 3.47. The van der Waals surface area contributed by atoms with Gasteiger partial charge in [-0.3, -0.25) is 9.20 Å². The van der Waals surface area contributed by atoms with E-state index in [4.69, 9.17) is 5.73 Å². The number of rotatable bonds is 2. The Kier molecular flexibility index (Phi) is 4.73. The van der Waals surface area contributed by atoms with E-state index < -0.39 is 17.5 Å². The highest BCUT2D eigenvalue weighted by Gasteiger charge is 2.25. The zero-order valence-electron chi connectivity index (χ0n) is 18.3. The predicted octanol–water partition coefficient (Wildman–Crippen LogP) is 4.75. The molecule has 174 valence electrons. The number of fused-ring (bicyclic) bond motifs is 4. The number of amides is 1. The molecule has 0 atom stereocenters. The molecule has 2 N–H and O–H groups in total. The molecule has 0 radical (unpaired) electrons. The van der Waals surface area contributed by atoms with Crippen molar-refractivity contribution in [2.24, 2.45) is 0 Å². The molecule has 35 heavy (non-hydrogen) atoms. The first-order chi connectivity index (χ1) is 16.9. The van der Waals surface area contributed by atoms with E-state index >= 15 is 0 Å². The van der Waals surface area contributed by atoms with Crippen LogP contribution in [0.3, 0.4) is 0 Å². The third-order valence-corrected chi connectivity index (χ3v) is 6.38. The molecule has 0 bridgehead atoms. The van der Waals surface area contributed by atoms with Crippen molar-refractivity contribution in [3.05, 3.63) is 95.1 Å². The Hall–Kier alpha value is -4.40. The van der Waals surface area contributed by atoms with Crippen molar-refractivity contribution in [3.63, 3.8) is 0 Å². The van der Waals surface area contributed by atoms with Gasteiger partial charge in [-0.2, -0.15) is 0 Å². The fourth-order valence-corrected chi connectivity index (χ4v) is 4.57. The van der Waals surface area contributed by atoms with E-state index in [1.165, 1.54) is 22.7 Å². The van der Waals surface area contributed by atoms with Gasteiger partial charge in [-0.25, -0.2) is 23.1 Å². The van der Waals surface area contributed by atoms with E-state index in [2.05, 4.69) is 9.97 Å². The van der Waals surface area contributed by atoms with E-state index in [1.807, 2.05) is 18.2 Å². The second kappa shape index (κ2) is 7.83. The largest absolute Gasteiger partial charge is 0.369 e. The molecular weight excluding hydrogens is 455 g/mol. The third-order valence-electron chi connectivity index (χ3n) is 6.38. The maximum atomic E-state index is 14.2. The molecule has 0 saturated heterocycles. The van der Waals surface area contributed by atoms with Gasteiger partial charge >= 0.3 is 0 Å². The summed E-state index contributed by atoms with van der Waals surface area (Å²) in [6.45, 7) is 0.841. The lowest BCUT2D eigenvalue weighted by molar-refractivity contribution is 0.0729. The number of hydrogen-bond donors (Lipinski definition) is 1. The van der Waals surface area contributed by atoms with Crippen LogP contribution < -0.4 is 5.73 Å². The van der Waals surface area contributed by atoms with Gasteiger partial charge in [-0.1, -0.05) is 30.3 Å². The highest BCUT2D eigenvalue weighted by molar-refractivity contribution is 5.97. The molecule has 0 unspecified atom stereocenters. The minimum Gasteiger partial charge on any atom is -0.369 e. The number of carbonyl (C=O) groups excluding carboxylic acids is 1. The molecule has 1 aliphatic rings. The van der Waals surface area contributed by atoms with Gasteiger partial charge in [0.05, 0.1) is 0 Å². The van der Waals surface area contributed by atoms with Crippen molar-refractivity contribution in [1.29, 1.82) is 0 Å². The monoisotopic (exact) mass is 473 g/mol. The van der Waals surface area contributed by atoms with Crippen LogP contribution in [0, 0.1) is 17.5 Å². The van der Waals surface area contributed by atoms with E-state index in [-0.39, 0.29) is 23.1 Å². The van der Waals surface area contributed by atoms with Crippen LogP contribution in [0.5, 0.6) is 0 Å². The first-order valence-corrected chi connectivity index (χ1v) is 11.0. The first kappa shape index (κ1) is 21.2. The molecular formula is C26H18F3N5O. The minimum absolute atomic E-state index is 0.0397. The molecule has 2 aromatic heterocycles. The fraction of sp³-hybridized carbons (Fsp3) is 0.115. The van der Waals surface area contributed by atoms with Crippen molar-refractivity contribution in [2.45, 2.75) is 13.0 Å². The number of hydrogen-bond acceptors (Lipinski definition) is 4. The first-order valence-electron chi connectivity index (χ1n) is 11.0. The fourth-order valence-electron chi connectivity index (χ4n) is 4.57. The Morgan fingerprint density at radius 1 is 0.886 bits per heavy atom. The molecule has 6 rings (SSSR count). The van der Waals surface area contributed by atoms with Crippen molar-refractivity contribution in [1.82, 2.24) is 19.3 Å². The van der Waals surface area contributed by atoms with Gasteiger partial charge in [0.15, 0.2) is 11.6 Å². The zero-order chi connectivity index (χ0) is 24.3. The predicted molar refractivity (Wildman–Crippen MR) is 125 cm³/mol. The molecule has 0 fully saturated rings. The number of nitrogens with two attached hydrogens (primary N) is 1. The summed E-state index contributed by atoms with van der Waals surface area (Å²) in [6, 6.07) is 14.0. The summed E-state index contributed by atoms with van der Waals surface area (Å²) in [4.78, 5) is 23.6. The number of nitrogens with zero attached hydrogens (tertiary/aromatic N) is 4. The van der Waals surface area contributed by atoms with Crippen LogP contribution in [0.4, 0.5) is 19.1 Å². The number of carbonyl (C=O) groups is 1. The van der Waals surface area contributed by atoms with E-state index in [0.717, 1.165) is 22.8 Å². The topological polar surface area (TPSA) is 76.5 Å². The summed E-state index contributed by atoms with van der Waals surface area (Å²) in [7, 11) is 0. The lowest BCUT2D eigenvalue weighted by Gasteiger charge is -2.28. The van der Waals surface area contributed by atoms with Gasteiger partial charge < -0.3 is 10.6 Å². The smallest absolute Gasteiger partial charge is 0.274 e. The highest BCUT2D eigenvalue weighted by atomic mass is 19.2. The van der Waals surface area contributed by atoms with Gasteiger partial charge in [-0.15, -0.1) is 0 Å². The minimum atomic E-state index is -0.893. The molecule has 1 aliphatic heterocycles. The number of imidazole rings is 1. The number of benzene rings is 3. The highest BCUT2D eigenvalue weighted by Crippen LogP contribution is 2.29. The summed E-state index contributed by atoms with van der Waals surface area (Å²) in [6.07, 6.45) is 2.12. The average molecular weight is 473 g/mol. The summed E-state index contributed by atoms with van der Waals surface area (Å²) in [5, 5.41) is 0.465. The van der Waals surface area contributed by atoms with Crippen LogP contribution in [-0.2, 0) is 13.0 Å². The Morgan fingerprint density at radius 3 is 2.51 bits per heavy atom. The summed E-state index contributed by atoms with van der Waals surface area (Å²) in [5.74, 6) is -2.52. The van der Waals surface area contributed by atoms with Crippen LogP contribution in [0.25, 0.3) is 27.7 Å². The lowest BCUT2D eigenvalue weighted by atomic mass is 9.94. The van der Waals surface area contributed by atoms with E-state index in [0.29, 0.717) is 36.1 Å². The van der Waals surface area contributed by atoms with Crippen LogP contribution >= 0.6 is 0 Å². The summed E-state index contributed by atoms with van der Waals surface area (Å²) >= 11 is 0. The number of halogens is 3. The van der Waals surface area contributed by atoms with Crippen molar-refractivity contribution >= 4 is 28.4 Å². The Bertz CT molecular complexity index is 1660. The van der Waals surface area contributed by atoms with Crippen LogP contribution in [0.2, 0.25) is 0 Å². The van der Waals surface area contributed by atoms with Crippen molar-refractivity contribution in [3.8, 4) is 11.1 Å². The van der Waals surface area contributed by atoms with Crippen molar-refractivity contribution in [2.75, 3.05) is 12.3 Å². The van der Waals surface area contributed by atoms with Crippen LogP contribution in [-0.4, -0.2) is 31.7 Å². The van der Waals surface area contributed by atoms with Gasteiger partial charge in [0.25, 0.3) is 5.91 Å². The van der Waals surface area contributed by atoms with Gasteiger partial charge in [-0.05, 0) is 52.9 Å². The molecule has 6 nitrogen and oxygen atoms in total. The van der Waals surface area contributed by atoms with Gasteiger partial charge in [0.1, 0.15) is 22.7 Å². The van der Waals surface area contributed by atoms with Crippen LogP contribution in [0.15, 0.2) is 60.8 Å². The van der Waals surface area contributed by atoms with E-state index in [9.17, 15) is 18.0 Å². The van der Waals surface area contributed by atoms with Gasteiger partial charge in [0, 0.05) is 24.7 Å². The standard InChI is InChI=1S/C26H18F3N5O/c27-19-7-6-15(11-21(19)29)14-4-5-17-12-33(9-8-16(17)10-14)25(35)22-13-34-24(31-22)18-2-1-3-20(28)23(18)32-26(34)30/h1-7,10-11,13H,8-9,12H2,(H2,30,32). The average Bonchev–Trinajstić information content (AvgIpc) is 3.32. The summed E-state index contributed by atoms with van der Waals surface area (Å²) < 4.78 is 42.6. The number of para-hydroxylation sites is 1. The molecule has 0 saturated carbocycles. The molecule has 5 aromatic rings. The molecule has 9 heteroatoms. The number of nitrogen functional groups attached to an aromatic ring is 1. The Balaban J connectivity index is 1.30. The maximum Gasteiger partial charge on any atom is 0.274 e. The van der Waals surface area contributed by atoms with Crippen LogP contribution in [0.1, 0.15) is 21.6 Å². The quantitative estimate of drug-likeness (QED) is 0.402. The Labute approximate surface area is 197 Å². The Morgan fingerprint density at radius 2 is 1.69 bits per heavy atom. The molecule has 0 aliphatic carbocycles. The lowest BCUT2D eigenvalue weighted by Crippen LogP contribution is -2.36. The maximum absolute atomic E-state index is 14.2. The van der Waals surface area contributed by atoms with E-state index in [1.54, 1.807) is 23.1 Å².